The van der Waals surface area contributed by atoms with Gasteiger partial charge in [-0.05, 0) is 43.3 Å². The number of carbonyl (C=O) groups is 1. The molecule has 2 unspecified atom stereocenters. The molecule has 4 heteroatoms. The summed E-state index contributed by atoms with van der Waals surface area (Å²) in [5.74, 6) is 1.49. The van der Waals surface area contributed by atoms with Crippen molar-refractivity contribution in [1.29, 1.82) is 0 Å². The molecule has 100 valence electrons. The predicted molar refractivity (Wildman–Crippen MR) is 71.3 cm³/mol. The molecule has 1 saturated heterocycles. The summed E-state index contributed by atoms with van der Waals surface area (Å²) >= 11 is 0. The van der Waals surface area contributed by atoms with Crippen molar-refractivity contribution in [2.75, 3.05) is 13.1 Å². The number of carbonyl (C=O) groups excluding carboxylic acids is 1. The predicted octanol–water partition coefficient (Wildman–Crippen LogP) is 1.56. The summed E-state index contributed by atoms with van der Waals surface area (Å²) in [6, 6.07) is 0. The smallest absolute Gasteiger partial charge is 0.137 e. The van der Waals surface area contributed by atoms with Gasteiger partial charge in [0.15, 0.2) is 0 Å². The molecule has 0 aliphatic carbocycles. The lowest BCUT2D eigenvalue weighted by Gasteiger charge is -2.27. The van der Waals surface area contributed by atoms with E-state index in [0.717, 1.165) is 18.7 Å². The molecule has 0 spiro atoms. The third-order valence-electron chi connectivity index (χ3n) is 3.85. The van der Waals surface area contributed by atoms with E-state index in [-0.39, 0.29) is 0 Å². The molecule has 18 heavy (non-hydrogen) atoms. The molecule has 1 aliphatic rings. The molecular weight excluding hydrogens is 226 g/mol. The van der Waals surface area contributed by atoms with E-state index in [4.69, 9.17) is 0 Å². The van der Waals surface area contributed by atoms with Crippen molar-refractivity contribution in [1.82, 2.24) is 15.1 Å². The van der Waals surface area contributed by atoms with Gasteiger partial charge in [-0.3, -0.25) is 9.48 Å². The summed E-state index contributed by atoms with van der Waals surface area (Å²) in [6.45, 7) is 4.41. The highest BCUT2D eigenvalue weighted by atomic mass is 16.1. The molecule has 0 radical (unpaired) electrons. The number of piperidine rings is 1. The van der Waals surface area contributed by atoms with Gasteiger partial charge in [-0.25, -0.2) is 0 Å². The Labute approximate surface area is 109 Å². The first-order valence-electron chi connectivity index (χ1n) is 6.85. The molecule has 0 bridgehead atoms. The van der Waals surface area contributed by atoms with Crippen LogP contribution in [0.5, 0.6) is 0 Å². The van der Waals surface area contributed by atoms with Crippen LogP contribution >= 0.6 is 0 Å². The first kappa shape index (κ1) is 13.3. The quantitative estimate of drug-likeness (QED) is 0.861. The van der Waals surface area contributed by atoms with Gasteiger partial charge in [0, 0.05) is 26.1 Å². The van der Waals surface area contributed by atoms with Gasteiger partial charge in [0.05, 0.1) is 6.20 Å². The summed E-state index contributed by atoms with van der Waals surface area (Å²) in [5, 5.41) is 7.51. The topological polar surface area (TPSA) is 46.9 Å². The van der Waals surface area contributed by atoms with Gasteiger partial charge in [-0.1, -0.05) is 6.92 Å². The number of aryl methyl sites for hydroxylation is 1. The molecule has 2 rings (SSSR count). The van der Waals surface area contributed by atoms with Gasteiger partial charge in [0.25, 0.3) is 0 Å². The van der Waals surface area contributed by atoms with Crippen LogP contribution in [0.2, 0.25) is 0 Å². The van der Waals surface area contributed by atoms with Crippen LogP contribution in [-0.2, 0) is 18.3 Å². The largest absolute Gasteiger partial charge is 0.316 e. The van der Waals surface area contributed by atoms with Gasteiger partial charge in [-0.2, -0.15) is 5.10 Å². The Morgan fingerprint density at radius 3 is 3.11 bits per heavy atom. The van der Waals surface area contributed by atoms with Gasteiger partial charge < -0.3 is 5.32 Å². The second-order valence-corrected chi connectivity index (χ2v) is 5.53. The third-order valence-corrected chi connectivity index (χ3v) is 3.85. The molecule has 0 aromatic carbocycles. The van der Waals surface area contributed by atoms with Crippen LogP contribution in [0.15, 0.2) is 12.4 Å². The number of rotatable bonds is 5. The van der Waals surface area contributed by atoms with Gasteiger partial charge in [0.1, 0.15) is 5.78 Å². The second-order valence-electron chi connectivity index (χ2n) is 5.53. The van der Waals surface area contributed by atoms with E-state index >= 15 is 0 Å². The van der Waals surface area contributed by atoms with E-state index in [1.807, 2.05) is 13.2 Å². The zero-order chi connectivity index (χ0) is 13.0. The molecule has 2 atom stereocenters. The minimum absolute atomic E-state index is 0.334. The van der Waals surface area contributed by atoms with Crippen LogP contribution in [0.25, 0.3) is 0 Å². The fourth-order valence-electron chi connectivity index (χ4n) is 2.75. The Kier molecular flexibility index (Phi) is 4.53. The van der Waals surface area contributed by atoms with E-state index in [9.17, 15) is 4.79 Å². The van der Waals surface area contributed by atoms with Crippen LogP contribution in [0.4, 0.5) is 0 Å². The number of nitrogens with one attached hydrogen (secondary N) is 1. The highest BCUT2D eigenvalue weighted by Gasteiger charge is 2.22. The van der Waals surface area contributed by atoms with E-state index in [2.05, 4.69) is 17.3 Å². The van der Waals surface area contributed by atoms with E-state index in [1.54, 1.807) is 10.9 Å². The standard InChI is InChI=1S/C14H23N3O/c1-11(13-4-3-5-15-9-13)6-14(18)7-12-8-16-17(2)10-12/h8,10-11,13,15H,3-7,9H2,1-2H3. The van der Waals surface area contributed by atoms with Crippen molar-refractivity contribution < 1.29 is 4.79 Å². The number of aromatic nitrogens is 2. The molecule has 1 aromatic heterocycles. The monoisotopic (exact) mass is 249 g/mol. The highest BCUT2D eigenvalue weighted by Crippen LogP contribution is 2.23. The van der Waals surface area contributed by atoms with Gasteiger partial charge >= 0.3 is 0 Å². The van der Waals surface area contributed by atoms with Crippen LogP contribution in [-0.4, -0.2) is 28.7 Å². The van der Waals surface area contributed by atoms with Crippen LogP contribution in [0.1, 0.15) is 31.7 Å². The molecule has 0 saturated carbocycles. The van der Waals surface area contributed by atoms with Crippen molar-refractivity contribution in [3.05, 3.63) is 18.0 Å². The lowest BCUT2D eigenvalue weighted by molar-refractivity contribution is -0.119. The average molecular weight is 249 g/mol. The van der Waals surface area contributed by atoms with Gasteiger partial charge in [0.2, 0.25) is 0 Å². The third kappa shape index (κ3) is 3.67. The minimum Gasteiger partial charge on any atom is -0.316 e. The zero-order valence-electron chi connectivity index (χ0n) is 11.4. The average Bonchev–Trinajstić information content (AvgIpc) is 2.75. The molecule has 1 aromatic rings. The molecule has 1 fully saturated rings. The minimum atomic E-state index is 0.334. The van der Waals surface area contributed by atoms with Gasteiger partial charge in [-0.15, -0.1) is 0 Å². The Hall–Kier alpha value is -1.16. The van der Waals surface area contributed by atoms with E-state index < -0.39 is 0 Å². The Balaban J connectivity index is 1.79. The second kappa shape index (κ2) is 6.14. The lowest BCUT2D eigenvalue weighted by atomic mass is 9.84. The number of Topliss-reactive ketones (excluding diaryl/α,β-unsaturated/α-hetero) is 1. The first-order valence-corrected chi connectivity index (χ1v) is 6.85. The zero-order valence-corrected chi connectivity index (χ0v) is 11.4. The van der Waals surface area contributed by atoms with Crippen LogP contribution in [0.3, 0.4) is 0 Å². The number of ketones is 1. The van der Waals surface area contributed by atoms with Crippen molar-refractivity contribution in [3.8, 4) is 0 Å². The molecular formula is C14H23N3O. The maximum absolute atomic E-state index is 12.0. The Morgan fingerprint density at radius 2 is 2.50 bits per heavy atom. The lowest BCUT2D eigenvalue weighted by Crippen LogP contribution is -2.34. The van der Waals surface area contributed by atoms with Crippen molar-refractivity contribution in [2.24, 2.45) is 18.9 Å². The van der Waals surface area contributed by atoms with Crippen molar-refractivity contribution in [2.45, 2.75) is 32.6 Å². The highest BCUT2D eigenvalue weighted by molar-refractivity contribution is 5.80. The van der Waals surface area contributed by atoms with Crippen molar-refractivity contribution >= 4 is 5.78 Å². The summed E-state index contributed by atoms with van der Waals surface area (Å²) in [5.41, 5.74) is 1.02. The fourth-order valence-corrected chi connectivity index (χ4v) is 2.75. The number of nitrogens with zero attached hydrogens (tertiary/aromatic N) is 2. The molecule has 4 nitrogen and oxygen atoms in total. The molecule has 2 heterocycles. The maximum atomic E-state index is 12.0. The van der Waals surface area contributed by atoms with Crippen molar-refractivity contribution in [3.63, 3.8) is 0 Å². The molecule has 1 N–H and O–H groups in total. The molecule has 0 amide bonds. The Bertz CT molecular complexity index is 393. The molecule has 1 aliphatic heterocycles. The first-order chi connectivity index (χ1) is 8.65. The fraction of sp³-hybridized carbons (Fsp3) is 0.714. The normalized spacial score (nSPS) is 21.8. The van der Waals surface area contributed by atoms with Crippen LogP contribution < -0.4 is 5.32 Å². The van der Waals surface area contributed by atoms with E-state index in [1.165, 1.54) is 12.8 Å². The SMILES string of the molecule is CC(CC(=O)Cc1cnn(C)c1)C1CCCNC1. The number of hydrogen-bond acceptors (Lipinski definition) is 3. The Morgan fingerprint density at radius 1 is 1.67 bits per heavy atom. The van der Waals surface area contributed by atoms with Crippen LogP contribution in [0, 0.1) is 11.8 Å². The summed E-state index contributed by atoms with van der Waals surface area (Å²) in [4.78, 5) is 12.0. The summed E-state index contributed by atoms with van der Waals surface area (Å²) < 4.78 is 1.75. The summed E-state index contributed by atoms with van der Waals surface area (Å²) in [6.07, 6.45) is 7.43. The van der Waals surface area contributed by atoms with E-state index in [0.29, 0.717) is 30.5 Å². The number of hydrogen-bond donors (Lipinski definition) is 1. The summed E-state index contributed by atoms with van der Waals surface area (Å²) in [7, 11) is 1.88. The maximum Gasteiger partial charge on any atom is 0.137 e.